The minimum Gasteiger partial charge on any atom is -0.303 e. The third-order valence-electron chi connectivity index (χ3n) is 2.78. The molecule has 0 bridgehead atoms. The van der Waals surface area contributed by atoms with Crippen LogP contribution in [0.1, 0.15) is 33.1 Å². The van der Waals surface area contributed by atoms with E-state index in [0.717, 1.165) is 11.8 Å². The molecule has 1 aliphatic rings. The maximum atomic E-state index is 3.60. The molecule has 13 heavy (non-hydrogen) atoms. The van der Waals surface area contributed by atoms with Gasteiger partial charge < -0.3 is 4.90 Å². The van der Waals surface area contributed by atoms with Crippen LogP contribution in [0.4, 0.5) is 0 Å². The molecule has 0 aromatic heterocycles. The van der Waals surface area contributed by atoms with Crippen molar-refractivity contribution in [1.82, 2.24) is 4.90 Å². The monoisotopic (exact) mass is 247 g/mol. The molecule has 0 aromatic rings. The highest BCUT2D eigenvalue weighted by Gasteiger charge is 2.16. The Bertz CT molecular complexity index is 136. The summed E-state index contributed by atoms with van der Waals surface area (Å²) in [6, 6.07) is 0. The molecule has 0 radical (unpaired) electrons. The smallest absolute Gasteiger partial charge is 0.00601 e. The molecule has 0 aliphatic carbocycles. The molecule has 1 nitrogen and oxygen atoms in total. The highest BCUT2D eigenvalue weighted by Crippen LogP contribution is 2.19. The maximum absolute atomic E-state index is 3.60. The molecular weight excluding hydrogens is 226 g/mol. The van der Waals surface area contributed by atoms with E-state index in [2.05, 4.69) is 34.7 Å². The lowest BCUT2D eigenvalue weighted by molar-refractivity contribution is 0.251. The summed E-state index contributed by atoms with van der Waals surface area (Å²) in [6.07, 6.45) is 4.20. The Hall–Kier alpha value is 0.440. The molecule has 1 fully saturated rings. The van der Waals surface area contributed by atoms with Crippen LogP contribution in [0.15, 0.2) is 0 Å². The zero-order valence-electron chi connectivity index (χ0n) is 8.93. The molecule has 1 aliphatic heterocycles. The second-order valence-corrected chi connectivity index (χ2v) is 5.29. The van der Waals surface area contributed by atoms with Gasteiger partial charge in [0.05, 0.1) is 0 Å². The Morgan fingerprint density at radius 2 is 2.08 bits per heavy atom. The number of nitrogens with zero attached hydrogens (tertiary/aromatic N) is 1. The largest absolute Gasteiger partial charge is 0.303 e. The lowest BCUT2D eigenvalue weighted by Crippen LogP contribution is -2.28. The normalized spacial score (nSPS) is 26.3. The summed E-state index contributed by atoms with van der Waals surface area (Å²) in [5.74, 6) is 1.75. The van der Waals surface area contributed by atoms with Gasteiger partial charge in [-0.15, -0.1) is 0 Å². The topological polar surface area (TPSA) is 3.24 Å². The van der Waals surface area contributed by atoms with Crippen molar-refractivity contribution in [2.45, 2.75) is 33.1 Å². The zero-order valence-corrected chi connectivity index (χ0v) is 10.5. The zero-order chi connectivity index (χ0) is 9.68. The van der Waals surface area contributed by atoms with E-state index >= 15 is 0 Å². The first-order valence-corrected chi connectivity index (χ1v) is 6.63. The lowest BCUT2D eigenvalue weighted by atomic mass is 10.0. The molecule has 1 heterocycles. The number of hydrogen-bond donors (Lipinski definition) is 0. The fraction of sp³-hybridized carbons (Fsp3) is 1.00. The fourth-order valence-electron chi connectivity index (χ4n) is 2.08. The molecule has 0 spiro atoms. The van der Waals surface area contributed by atoms with Gasteiger partial charge >= 0.3 is 0 Å². The van der Waals surface area contributed by atoms with E-state index in [0.29, 0.717) is 0 Å². The first-order valence-electron chi connectivity index (χ1n) is 5.50. The Kier molecular flexibility index (Phi) is 5.34. The van der Waals surface area contributed by atoms with Gasteiger partial charge in [0.25, 0.3) is 0 Å². The Morgan fingerprint density at radius 3 is 2.69 bits per heavy atom. The van der Waals surface area contributed by atoms with Crippen LogP contribution in [0, 0.1) is 11.8 Å². The quantitative estimate of drug-likeness (QED) is 0.693. The van der Waals surface area contributed by atoms with E-state index in [1.54, 1.807) is 0 Å². The number of rotatable bonds is 3. The third-order valence-corrected chi connectivity index (χ3v) is 3.70. The van der Waals surface area contributed by atoms with Crippen LogP contribution in [-0.2, 0) is 0 Å². The highest BCUT2D eigenvalue weighted by atomic mass is 79.9. The minimum absolute atomic E-state index is 0.820. The van der Waals surface area contributed by atoms with Crippen LogP contribution in [-0.4, -0.2) is 29.9 Å². The van der Waals surface area contributed by atoms with E-state index < -0.39 is 0 Å². The standard InChI is InChI=1S/C11H22BrN/c1-10(2)9-13-6-3-4-11(8-12)5-7-13/h10-11H,3-9H2,1-2H3. The molecule has 1 rings (SSSR count). The van der Waals surface area contributed by atoms with Crippen molar-refractivity contribution in [2.24, 2.45) is 11.8 Å². The van der Waals surface area contributed by atoms with Crippen LogP contribution < -0.4 is 0 Å². The highest BCUT2D eigenvalue weighted by molar-refractivity contribution is 9.09. The van der Waals surface area contributed by atoms with Gasteiger partial charge in [-0.25, -0.2) is 0 Å². The maximum Gasteiger partial charge on any atom is 0.00601 e. The molecule has 1 atom stereocenters. The SMILES string of the molecule is CC(C)CN1CCCC(CBr)CC1. The Balaban J connectivity index is 2.27. The van der Waals surface area contributed by atoms with Gasteiger partial charge in [0.15, 0.2) is 0 Å². The van der Waals surface area contributed by atoms with Gasteiger partial charge in [0.2, 0.25) is 0 Å². The molecule has 78 valence electrons. The second-order valence-electron chi connectivity index (χ2n) is 4.65. The fourth-order valence-corrected chi connectivity index (χ4v) is 2.73. The van der Waals surface area contributed by atoms with Gasteiger partial charge in [-0.05, 0) is 44.2 Å². The van der Waals surface area contributed by atoms with E-state index in [4.69, 9.17) is 0 Å². The van der Waals surface area contributed by atoms with Crippen LogP contribution in [0.2, 0.25) is 0 Å². The summed E-state index contributed by atoms with van der Waals surface area (Å²) in [7, 11) is 0. The van der Waals surface area contributed by atoms with Gasteiger partial charge in [-0.2, -0.15) is 0 Å². The Labute approximate surface area is 91.0 Å². The molecule has 0 saturated carbocycles. The molecule has 1 saturated heterocycles. The van der Waals surface area contributed by atoms with Gasteiger partial charge in [-0.1, -0.05) is 29.8 Å². The van der Waals surface area contributed by atoms with Crippen molar-refractivity contribution >= 4 is 15.9 Å². The number of likely N-dealkylation sites (tertiary alicyclic amines) is 1. The van der Waals surface area contributed by atoms with Crippen molar-refractivity contribution in [1.29, 1.82) is 0 Å². The molecule has 0 amide bonds. The van der Waals surface area contributed by atoms with E-state index in [-0.39, 0.29) is 0 Å². The average molecular weight is 248 g/mol. The van der Waals surface area contributed by atoms with Gasteiger partial charge in [0, 0.05) is 11.9 Å². The second kappa shape index (κ2) is 6.02. The van der Waals surface area contributed by atoms with Crippen molar-refractivity contribution in [3.05, 3.63) is 0 Å². The van der Waals surface area contributed by atoms with Crippen LogP contribution >= 0.6 is 15.9 Å². The predicted octanol–water partition coefficient (Wildman–Crippen LogP) is 3.14. The summed E-state index contributed by atoms with van der Waals surface area (Å²) in [5, 5.41) is 1.20. The van der Waals surface area contributed by atoms with Crippen LogP contribution in [0.5, 0.6) is 0 Å². The summed E-state index contributed by atoms with van der Waals surface area (Å²) >= 11 is 3.60. The first-order chi connectivity index (χ1) is 6.22. The molecule has 0 N–H and O–H groups in total. The molecule has 1 unspecified atom stereocenters. The van der Waals surface area contributed by atoms with Crippen LogP contribution in [0.25, 0.3) is 0 Å². The third kappa shape index (κ3) is 4.46. The number of hydrogen-bond acceptors (Lipinski definition) is 1. The lowest BCUT2D eigenvalue weighted by Gasteiger charge is -2.21. The van der Waals surface area contributed by atoms with Crippen molar-refractivity contribution in [3.8, 4) is 0 Å². The number of alkyl halides is 1. The van der Waals surface area contributed by atoms with Crippen molar-refractivity contribution in [2.75, 3.05) is 25.0 Å². The van der Waals surface area contributed by atoms with Crippen molar-refractivity contribution in [3.63, 3.8) is 0 Å². The summed E-state index contributed by atoms with van der Waals surface area (Å²) in [5.41, 5.74) is 0. The first kappa shape index (κ1) is 11.5. The van der Waals surface area contributed by atoms with E-state index in [1.165, 1.54) is 44.2 Å². The predicted molar refractivity (Wildman–Crippen MR) is 62.4 cm³/mol. The van der Waals surface area contributed by atoms with E-state index in [9.17, 15) is 0 Å². The van der Waals surface area contributed by atoms with Crippen LogP contribution in [0.3, 0.4) is 0 Å². The van der Waals surface area contributed by atoms with Gasteiger partial charge in [0.1, 0.15) is 0 Å². The molecule has 0 aromatic carbocycles. The summed E-state index contributed by atoms with van der Waals surface area (Å²) in [6.45, 7) is 8.55. The minimum atomic E-state index is 0.820. The average Bonchev–Trinajstić information content (AvgIpc) is 2.29. The summed E-state index contributed by atoms with van der Waals surface area (Å²) in [4.78, 5) is 2.63. The van der Waals surface area contributed by atoms with Crippen molar-refractivity contribution < 1.29 is 0 Å². The van der Waals surface area contributed by atoms with E-state index in [1.807, 2.05) is 0 Å². The van der Waals surface area contributed by atoms with Gasteiger partial charge in [-0.3, -0.25) is 0 Å². The molecule has 2 heteroatoms. The Morgan fingerprint density at radius 1 is 1.31 bits per heavy atom. The molecular formula is C11H22BrN. The summed E-state index contributed by atoms with van der Waals surface area (Å²) < 4.78 is 0. The number of halogens is 1.